The number of nitrogens with one attached hydrogen (secondary N) is 3. The third kappa shape index (κ3) is 4.36. The Bertz CT molecular complexity index is 634. The molecule has 0 unspecified atom stereocenters. The van der Waals surface area contributed by atoms with Crippen molar-refractivity contribution in [2.24, 2.45) is 0 Å². The van der Waals surface area contributed by atoms with E-state index in [2.05, 4.69) is 25.7 Å². The third-order valence-electron chi connectivity index (χ3n) is 4.03. The monoisotopic (exact) mass is 333 g/mol. The van der Waals surface area contributed by atoms with E-state index in [9.17, 15) is 4.79 Å². The standard InChI is InChI=1S/C16H23N5O3/c1-12-2-3-15(24-12)14(21-6-8-23-9-7-21)11-18-16(22)17-10-13-4-5-19-20-13/h2-5,14H,6-11H2,1H3,(H,19,20)(H2,17,18,22)/t14-/m0/s1. The molecule has 0 aromatic carbocycles. The number of ether oxygens (including phenoxy) is 1. The van der Waals surface area contributed by atoms with Gasteiger partial charge in [0.05, 0.1) is 31.5 Å². The largest absolute Gasteiger partial charge is 0.465 e. The molecule has 3 rings (SSSR count). The molecule has 1 aliphatic heterocycles. The Morgan fingerprint density at radius 3 is 2.83 bits per heavy atom. The Balaban J connectivity index is 1.55. The van der Waals surface area contributed by atoms with E-state index in [0.717, 1.165) is 30.3 Å². The van der Waals surface area contributed by atoms with E-state index in [1.807, 2.05) is 25.1 Å². The van der Waals surface area contributed by atoms with Crippen molar-refractivity contribution in [1.29, 1.82) is 0 Å². The Hall–Kier alpha value is -2.32. The summed E-state index contributed by atoms with van der Waals surface area (Å²) in [7, 11) is 0. The van der Waals surface area contributed by atoms with Crippen LogP contribution in [-0.4, -0.2) is 54.0 Å². The molecule has 1 aliphatic rings. The lowest BCUT2D eigenvalue weighted by Crippen LogP contribution is -2.45. The highest BCUT2D eigenvalue weighted by molar-refractivity contribution is 5.73. The minimum atomic E-state index is -0.217. The van der Waals surface area contributed by atoms with E-state index in [0.29, 0.717) is 26.3 Å². The van der Waals surface area contributed by atoms with Crippen molar-refractivity contribution in [3.05, 3.63) is 41.6 Å². The molecule has 2 aromatic heterocycles. The molecule has 24 heavy (non-hydrogen) atoms. The quantitative estimate of drug-likeness (QED) is 0.738. The fraction of sp³-hybridized carbons (Fsp3) is 0.500. The van der Waals surface area contributed by atoms with Crippen LogP contribution < -0.4 is 10.6 Å². The lowest BCUT2D eigenvalue weighted by Gasteiger charge is -2.33. The van der Waals surface area contributed by atoms with Crippen LogP contribution in [0.1, 0.15) is 23.3 Å². The fourth-order valence-electron chi connectivity index (χ4n) is 2.74. The van der Waals surface area contributed by atoms with E-state index in [4.69, 9.17) is 9.15 Å². The van der Waals surface area contributed by atoms with Gasteiger partial charge in [-0.3, -0.25) is 10.00 Å². The third-order valence-corrected chi connectivity index (χ3v) is 4.03. The molecular formula is C16H23N5O3. The number of aryl methyl sites for hydroxylation is 1. The summed E-state index contributed by atoms with van der Waals surface area (Å²) in [5.41, 5.74) is 0.858. The first-order valence-corrected chi connectivity index (χ1v) is 8.10. The van der Waals surface area contributed by atoms with Gasteiger partial charge in [-0.25, -0.2) is 4.79 Å². The van der Waals surface area contributed by atoms with Gasteiger partial charge in [0, 0.05) is 25.8 Å². The van der Waals surface area contributed by atoms with Gasteiger partial charge in [0.15, 0.2) is 0 Å². The normalized spacial score (nSPS) is 16.7. The number of hydrogen-bond donors (Lipinski definition) is 3. The number of carbonyl (C=O) groups excluding carboxylic acids is 1. The second kappa shape index (κ2) is 7.98. The number of furan rings is 1. The van der Waals surface area contributed by atoms with Crippen molar-refractivity contribution in [2.75, 3.05) is 32.8 Å². The van der Waals surface area contributed by atoms with Crippen molar-refractivity contribution >= 4 is 6.03 Å². The first kappa shape index (κ1) is 16.5. The van der Waals surface area contributed by atoms with E-state index >= 15 is 0 Å². The zero-order chi connectivity index (χ0) is 16.8. The molecule has 0 bridgehead atoms. The van der Waals surface area contributed by atoms with E-state index in [1.165, 1.54) is 0 Å². The number of hydrogen-bond acceptors (Lipinski definition) is 5. The number of H-pyrrole nitrogens is 1. The summed E-state index contributed by atoms with van der Waals surface area (Å²) < 4.78 is 11.2. The molecule has 3 heterocycles. The van der Waals surface area contributed by atoms with E-state index in [1.54, 1.807) is 6.20 Å². The summed E-state index contributed by atoms with van der Waals surface area (Å²) in [6.45, 7) is 5.84. The topological polar surface area (TPSA) is 95.4 Å². The first-order chi connectivity index (χ1) is 11.7. The number of aromatic amines is 1. The maximum absolute atomic E-state index is 12.0. The minimum Gasteiger partial charge on any atom is -0.465 e. The van der Waals surface area contributed by atoms with Crippen LogP contribution in [0.2, 0.25) is 0 Å². The van der Waals surface area contributed by atoms with Gasteiger partial charge in [-0.2, -0.15) is 5.10 Å². The Morgan fingerprint density at radius 1 is 1.33 bits per heavy atom. The van der Waals surface area contributed by atoms with Crippen LogP contribution in [0.15, 0.2) is 28.8 Å². The van der Waals surface area contributed by atoms with Crippen molar-refractivity contribution in [1.82, 2.24) is 25.7 Å². The van der Waals surface area contributed by atoms with Gasteiger partial charge in [-0.1, -0.05) is 0 Å². The number of morpholine rings is 1. The Kier molecular flexibility index (Phi) is 5.50. The number of carbonyl (C=O) groups is 1. The zero-order valence-corrected chi connectivity index (χ0v) is 13.7. The van der Waals surface area contributed by atoms with E-state index in [-0.39, 0.29) is 12.1 Å². The average molecular weight is 333 g/mol. The predicted octanol–water partition coefficient (Wildman–Crippen LogP) is 1.18. The predicted molar refractivity (Wildman–Crippen MR) is 87.4 cm³/mol. The highest BCUT2D eigenvalue weighted by Gasteiger charge is 2.25. The van der Waals surface area contributed by atoms with Crippen LogP contribution in [0.3, 0.4) is 0 Å². The molecule has 1 atom stereocenters. The van der Waals surface area contributed by atoms with Crippen LogP contribution in [0, 0.1) is 6.92 Å². The van der Waals surface area contributed by atoms with Gasteiger partial charge < -0.3 is 19.8 Å². The maximum atomic E-state index is 12.0. The summed E-state index contributed by atoms with van der Waals surface area (Å²) in [6, 6.07) is 5.52. The van der Waals surface area contributed by atoms with Crippen LogP contribution in [0.25, 0.3) is 0 Å². The molecule has 3 N–H and O–H groups in total. The molecule has 8 nitrogen and oxygen atoms in total. The number of nitrogens with zero attached hydrogens (tertiary/aromatic N) is 2. The maximum Gasteiger partial charge on any atom is 0.315 e. The van der Waals surface area contributed by atoms with Crippen LogP contribution in [-0.2, 0) is 11.3 Å². The molecule has 130 valence electrons. The second-order valence-corrected chi connectivity index (χ2v) is 5.76. The zero-order valence-electron chi connectivity index (χ0n) is 13.7. The smallest absolute Gasteiger partial charge is 0.315 e. The molecule has 2 aromatic rings. The molecule has 0 aliphatic carbocycles. The van der Waals surface area contributed by atoms with Crippen molar-refractivity contribution in [2.45, 2.75) is 19.5 Å². The number of aromatic nitrogens is 2. The summed E-state index contributed by atoms with van der Waals surface area (Å²) in [6.07, 6.45) is 1.66. The fourth-order valence-corrected chi connectivity index (χ4v) is 2.74. The SMILES string of the molecule is Cc1ccc([C@H](CNC(=O)NCc2ccn[nH]2)N2CCOCC2)o1. The summed E-state index contributed by atoms with van der Waals surface area (Å²) in [5.74, 6) is 1.73. The van der Waals surface area contributed by atoms with Crippen LogP contribution >= 0.6 is 0 Å². The second-order valence-electron chi connectivity index (χ2n) is 5.76. The molecule has 1 fully saturated rings. The number of urea groups is 1. The van der Waals surface area contributed by atoms with Gasteiger partial charge in [0.1, 0.15) is 11.5 Å². The molecule has 0 spiro atoms. The van der Waals surface area contributed by atoms with Gasteiger partial charge in [0.2, 0.25) is 0 Å². The highest BCUT2D eigenvalue weighted by Crippen LogP contribution is 2.23. The van der Waals surface area contributed by atoms with Gasteiger partial charge in [0.25, 0.3) is 0 Å². The summed E-state index contributed by atoms with van der Waals surface area (Å²) in [5, 5.41) is 12.4. The molecule has 0 saturated carbocycles. The van der Waals surface area contributed by atoms with Crippen molar-refractivity contribution < 1.29 is 13.9 Å². The van der Waals surface area contributed by atoms with Gasteiger partial charge in [-0.15, -0.1) is 0 Å². The van der Waals surface area contributed by atoms with Gasteiger partial charge >= 0.3 is 6.03 Å². The molecular weight excluding hydrogens is 310 g/mol. The van der Waals surface area contributed by atoms with Gasteiger partial charge in [-0.05, 0) is 25.1 Å². The lowest BCUT2D eigenvalue weighted by molar-refractivity contribution is 0.0121. The van der Waals surface area contributed by atoms with Crippen molar-refractivity contribution in [3.8, 4) is 0 Å². The number of rotatable bonds is 6. The minimum absolute atomic E-state index is 0.000467. The average Bonchev–Trinajstić information content (AvgIpc) is 3.26. The summed E-state index contributed by atoms with van der Waals surface area (Å²) >= 11 is 0. The molecule has 8 heteroatoms. The van der Waals surface area contributed by atoms with Crippen LogP contribution in [0.4, 0.5) is 4.79 Å². The molecule has 0 radical (unpaired) electrons. The Labute approximate surface area is 140 Å². The molecule has 1 saturated heterocycles. The summed E-state index contributed by atoms with van der Waals surface area (Å²) in [4.78, 5) is 14.3. The first-order valence-electron chi connectivity index (χ1n) is 8.10. The molecule has 2 amide bonds. The highest BCUT2D eigenvalue weighted by atomic mass is 16.5. The van der Waals surface area contributed by atoms with Crippen LogP contribution in [0.5, 0.6) is 0 Å². The van der Waals surface area contributed by atoms with Crippen molar-refractivity contribution in [3.63, 3.8) is 0 Å². The lowest BCUT2D eigenvalue weighted by atomic mass is 10.1. The Morgan fingerprint density at radius 2 is 2.17 bits per heavy atom. The number of amides is 2. The van der Waals surface area contributed by atoms with E-state index < -0.39 is 0 Å².